The standard InChI is InChI=1S/C12H19NO/c1-12(14)10-8-6-4-2-3-5-7-9-11-13/h5,7H,2-4,6,8-10H2,1H3. The first-order valence-corrected chi connectivity index (χ1v) is 5.28. The zero-order valence-electron chi connectivity index (χ0n) is 8.96. The van der Waals surface area contributed by atoms with E-state index in [9.17, 15) is 4.79 Å². The second kappa shape index (κ2) is 9.98. The first-order valence-electron chi connectivity index (χ1n) is 5.28. The van der Waals surface area contributed by atoms with Crippen LogP contribution in [0.2, 0.25) is 0 Å². The molecule has 0 fully saturated rings. The minimum Gasteiger partial charge on any atom is -0.300 e. The SMILES string of the molecule is CC(=O)CCCCCCC=CCC#N. The van der Waals surface area contributed by atoms with Crippen molar-refractivity contribution in [3.05, 3.63) is 12.2 Å². The Morgan fingerprint density at radius 3 is 2.57 bits per heavy atom. The van der Waals surface area contributed by atoms with E-state index >= 15 is 0 Å². The van der Waals surface area contributed by atoms with Gasteiger partial charge in [-0.15, -0.1) is 0 Å². The zero-order chi connectivity index (χ0) is 10.6. The number of nitriles is 1. The summed E-state index contributed by atoms with van der Waals surface area (Å²) < 4.78 is 0. The van der Waals surface area contributed by atoms with Gasteiger partial charge < -0.3 is 4.79 Å². The Morgan fingerprint density at radius 2 is 1.93 bits per heavy atom. The van der Waals surface area contributed by atoms with Gasteiger partial charge in [-0.1, -0.05) is 25.0 Å². The molecule has 0 aliphatic heterocycles. The molecule has 0 aliphatic rings. The largest absolute Gasteiger partial charge is 0.300 e. The number of carbonyl (C=O) groups excluding carboxylic acids is 1. The predicted octanol–water partition coefficient (Wildman–Crippen LogP) is 3.39. The molecule has 0 saturated carbocycles. The summed E-state index contributed by atoms with van der Waals surface area (Å²) in [5.41, 5.74) is 0. The van der Waals surface area contributed by atoms with Crippen LogP contribution in [-0.4, -0.2) is 5.78 Å². The fourth-order valence-electron chi connectivity index (χ4n) is 1.24. The number of rotatable bonds is 8. The van der Waals surface area contributed by atoms with Gasteiger partial charge in [0.15, 0.2) is 0 Å². The fourth-order valence-corrected chi connectivity index (χ4v) is 1.24. The molecule has 0 saturated heterocycles. The summed E-state index contributed by atoms with van der Waals surface area (Å²) in [6.07, 6.45) is 10.8. The highest BCUT2D eigenvalue weighted by Crippen LogP contribution is 2.06. The third-order valence-corrected chi connectivity index (χ3v) is 2.03. The van der Waals surface area contributed by atoms with Gasteiger partial charge >= 0.3 is 0 Å². The molecule has 78 valence electrons. The molecule has 0 aromatic heterocycles. The number of hydrogen-bond acceptors (Lipinski definition) is 2. The van der Waals surface area contributed by atoms with Crippen LogP contribution in [0.25, 0.3) is 0 Å². The van der Waals surface area contributed by atoms with Crippen LogP contribution in [0.1, 0.15) is 51.9 Å². The van der Waals surface area contributed by atoms with E-state index in [0.29, 0.717) is 12.2 Å². The van der Waals surface area contributed by atoms with Gasteiger partial charge in [0.25, 0.3) is 0 Å². The molecule has 2 heteroatoms. The molecule has 14 heavy (non-hydrogen) atoms. The highest BCUT2D eigenvalue weighted by molar-refractivity contribution is 5.75. The minimum absolute atomic E-state index is 0.291. The van der Waals surface area contributed by atoms with Crippen molar-refractivity contribution in [1.82, 2.24) is 0 Å². The highest BCUT2D eigenvalue weighted by atomic mass is 16.1. The van der Waals surface area contributed by atoms with E-state index in [1.165, 1.54) is 12.8 Å². The van der Waals surface area contributed by atoms with Gasteiger partial charge in [0.2, 0.25) is 0 Å². The Balaban J connectivity index is 3.07. The number of Topliss-reactive ketones (excluding diaryl/α,β-unsaturated/α-hetero) is 1. The number of unbranched alkanes of at least 4 members (excludes halogenated alkanes) is 4. The van der Waals surface area contributed by atoms with Crippen molar-refractivity contribution < 1.29 is 4.79 Å². The maximum Gasteiger partial charge on any atom is 0.129 e. The van der Waals surface area contributed by atoms with Crippen LogP contribution in [0.3, 0.4) is 0 Å². The number of ketones is 1. The monoisotopic (exact) mass is 193 g/mol. The van der Waals surface area contributed by atoms with E-state index in [4.69, 9.17) is 5.26 Å². The molecule has 0 atom stereocenters. The van der Waals surface area contributed by atoms with Crippen molar-refractivity contribution in [2.45, 2.75) is 51.9 Å². The van der Waals surface area contributed by atoms with Crippen molar-refractivity contribution in [2.75, 3.05) is 0 Å². The third-order valence-electron chi connectivity index (χ3n) is 2.03. The van der Waals surface area contributed by atoms with Crippen LogP contribution in [0, 0.1) is 11.3 Å². The number of nitrogens with zero attached hydrogens (tertiary/aromatic N) is 1. The van der Waals surface area contributed by atoms with Gasteiger partial charge in [-0.3, -0.25) is 0 Å². The van der Waals surface area contributed by atoms with E-state index in [2.05, 4.69) is 12.1 Å². The van der Waals surface area contributed by atoms with Gasteiger partial charge in [0, 0.05) is 6.42 Å². The number of hydrogen-bond donors (Lipinski definition) is 0. The molecule has 0 rings (SSSR count). The Bertz CT molecular complexity index is 213. The molecule has 0 spiro atoms. The van der Waals surface area contributed by atoms with Crippen LogP contribution >= 0.6 is 0 Å². The normalized spacial score (nSPS) is 10.3. The molecule has 0 unspecified atom stereocenters. The predicted molar refractivity (Wildman–Crippen MR) is 57.8 cm³/mol. The lowest BCUT2D eigenvalue weighted by Crippen LogP contribution is -1.88. The molecule has 2 nitrogen and oxygen atoms in total. The summed E-state index contributed by atoms with van der Waals surface area (Å²) in [5.74, 6) is 0.291. The Labute approximate surface area is 86.6 Å². The molecule has 0 radical (unpaired) electrons. The van der Waals surface area contributed by atoms with E-state index < -0.39 is 0 Å². The highest BCUT2D eigenvalue weighted by Gasteiger charge is 1.92. The maximum absolute atomic E-state index is 10.6. The second-order valence-corrected chi connectivity index (χ2v) is 3.49. The molecule has 0 aromatic carbocycles. The average Bonchev–Trinajstić information content (AvgIpc) is 2.15. The average molecular weight is 193 g/mol. The van der Waals surface area contributed by atoms with Gasteiger partial charge in [0.05, 0.1) is 12.5 Å². The number of carbonyl (C=O) groups is 1. The van der Waals surface area contributed by atoms with Crippen molar-refractivity contribution in [1.29, 1.82) is 5.26 Å². The summed E-state index contributed by atoms with van der Waals surface area (Å²) >= 11 is 0. The molecular weight excluding hydrogens is 174 g/mol. The van der Waals surface area contributed by atoms with Crippen LogP contribution in [-0.2, 0) is 4.79 Å². The molecule has 0 aliphatic carbocycles. The fraction of sp³-hybridized carbons (Fsp3) is 0.667. The summed E-state index contributed by atoms with van der Waals surface area (Å²) in [5, 5.41) is 8.26. The maximum atomic E-state index is 10.6. The van der Waals surface area contributed by atoms with E-state index in [1.807, 2.05) is 6.08 Å². The molecule has 0 amide bonds. The summed E-state index contributed by atoms with van der Waals surface area (Å²) in [4.78, 5) is 10.6. The molecule has 0 aromatic rings. The molecule has 0 N–H and O–H groups in total. The first kappa shape index (κ1) is 12.9. The van der Waals surface area contributed by atoms with Crippen molar-refractivity contribution >= 4 is 5.78 Å². The molecular formula is C12H19NO. The lowest BCUT2D eigenvalue weighted by atomic mass is 10.1. The van der Waals surface area contributed by atoms with Crippen molar-refractivity contribution in [3.63, 3.8) is 0 Å². The molecule has 0 heterocycles. The quantitative estimate of drug-likeness (QED) is 0.438. The van der Waals surface area contributed by atoms with Crippen LogP contribution in [0.15, 0.2) is 12.2 Å². The van der Waals surface area contributed by atoms with Gasteiger partial charge in [0.1, 0.15) is 5.78 Å². The van der Waals surface area contributed by atoms with E-state index in [-0.39, 0.29) is 0 Å². The van der Waals surface area contributed by atoms with Gasteiger partial charge in [-0.05, 0) is 26.2 Å². The third kappa shape index (κ3) is 10.9. The lowest BCUT2D eigenvalue weighted by molar-refractivity contribution is -0.117. The Kier molecular flexibility index (Phi) is 9.20. The minimum atomic E-state index is 0.291. The van der Waals surface area contributed by atoms with Crippen molar-refractivity contribution in [2.24, 2.45) is 0 Å². The van der Waals surface area contributed by atoms with Crippen molar-refractivity contribution in [3.8, 4) is 6.07 Å². The van der Waals surface area contributed by atoms with Gasteiger partial charge in [-0.25, -0.2) is 0 Å². The summed E-state index contributed by atoms with van der Waals surface area (Å²) in [7, 11) is 0. The Hall–Kier alpha value is -1.10. The summed E-state index contributed by atoms with van der Waals surface area (Å²) in [6, 6.07) is 2.07. The topological polar surface area (TPSA) is 40.9 Å². The van der Waals surface area contributed by atoms with E-state index in [0.717, 1.165) is 25.7 Å². The zero-order valence-corrected chi connectivity index (χ0v) is 8.96. The smallest absolute Gasteiger partial charge is 0.129 e. The number of allylic oxidation sites excluding steroid dienone is 2. The Morgan fingerprint density at radius 1 is 1.21 bits per heavy atom. The molecule has 0 bridgehead atoms. The van der Waals surface area contributed by atoms with Crippen LogP contribution < -0.4 is 0 Å². The first-order chi connectivity index (χ1) is 6.77. The lowest BCUT2D eigenvalue weighted by Gasteiger charge is -1.96. The summed E-state index contributed by atoms with van der Waals surface area (Å²) in [6.45, 7) is 1.64. The van der Waals surface area contributed by atoms with Crippen LogP contribution in [0.5, 0.6) is 0 Å². The second-order valence-electron chi connectivity index (χ2n) is 3.49. The van der Waals surface area contributed by atoms with E-state index in [1.54, 1.807) is 6.92 Å². The van der Waals surface area contributed by atoms with Crippen LogP contribution in [0.4, 0.5) is 0 Å². The van der Waals surface area contributed by atoms with Gasteiger partial charge in [-0.2, -0.15) is 5.26 Å².